The van der Waals surface area contributed by atoms with Gasteiger partial charge in [-0.3, -0.25) is 4.99 Å². The van der Waals surface area contributed by atoms with E-state index in [-0.39, 0.29) is 17.8 Å². The van der Waals surface area contributed by atoms with E-state index >= 15 is 0 Å². The summed E-state index contributed by atoms with van der Waals surface area (Å²) in [5, 5.41) is 2.84. The van der Waals surface area contributed by atoms with Crippen molar-refractivity contribution in [2.45, 2.75) is 19.3 Å². The molecule has 0 aliphatic carbocycles. The number of anilines is 2. The third-order valence-electron chi connectivity index (χ3n) is 3.71. The molecule has 2 rings (SSSR count). The Bertz CT molecular complexity index is 717. The highest BCUT2D eigenvalue weighted by molar-refractivity contribution is 5.92. The third kappa shape index (κ3) is 6.19. The molecule has 3 N–H and O–H groups in total. The maximum atomic E-state index is 12.1. The number of hydrogen-bond acceptors (Lipinski definition) is 3. The summed E-state index contributed by atoms with van der Waals surface area (Å²) in [5.74, 6) is -0.112. The maximum Gasteiger partial charge on any atom is 0.573 e. The van der Waals surface area contributed by atoms with Crippen LogP contribution in [0, 0.1) is 0 Å². The van der Waals surface area contributed by atoms with Crippen LogP contribution in [-0.2, 0) is 0 Å². The van der Waals surface area contributed by atoms with Gasteiger partial charge in [-0.2, -0.15) is 0 Å². The van der Waals surface area contributed by atoms with Crippen LogP contribution in [0.4, 0.5) is 24.5 Å². The molecule has 0 aliphatic rings. The molecule has 1 unspecified atom stereocenters. The minimum atomic E-state index is -4.71. The number of benzene rings is 2. The van der Waals surface area contributed by atoms with Gasteiger partial charge in [-0.1, -0.05) is 18.2 Å². The lowest BCUT2D eigenvalue weighted by Crippen LogP contribution is -2.33. The number of hydrogen-bond donors (Lipinski definition) is 2. The van der Waals surface area contributed by atoms with Crippen molar-refractivity contribution in [3.8, 4) is 5.75 Å². The second kappa shape index (κ2) is 8.46. The maximum absolute atomic E-state index is 12.1. The molecule has 0 bridgehead atoms. The van der Waals surface area contributed by atoms with E-state index in [4.69, 9.17) is 5.73 Å². The first-order valence-electron chi connectivity index (χ1n) is 7.95. The highest BCUT2D eigenvalue weighted by Crippen LogP contribution is 2.23. The van der Waals surface area contributed by atoms with Crippen LogP contribution < -0.4 is 20.7 Å². The largest absolute Gasteiger partial charge is 0.573 e. The fourth-order valence-corrected chi connectivity index (χ4v) is 2.20. The summed E-state index contributed by atoms with van der Waals surface area (Å²) >= 11 is 0. The number of nitrogens with one attached hydrogen (secondary N) is 1. The molecule has 0 aliphatic heterocycles. The molecule has 0 radical (unpaired) electrons. The first kappa shape index (κ1) is 19.4. The highest BCUT2D eigenvalue weighted by atomic mass is 19.4. The van der Waals surface area contributed by atoms with Crippen LogP contribution in [-0.4, -0.2) is 32.0 Å². The van der Waals surface area contributed by atoms with Crippen molar-refractivity contribution in [3.63, 3.8) is 0 Å². The van der Waals surface area contributed by atoms with Crippen LogP contribution in [0.3, 0.4) is 0 Å². The fourth-order valence-electron chi connectivity index (χ4n) is 2.20. The molecular formula is C18H21F3N4O. The van der Waals surface area contributed by atoms with Gasteiger partial charge < -0.3 is 20.7 Å². The van der Waals surface area contributed by atoms with Gasteiger partial charge in [-0.15, -0.1) is 13.2 Å². The zero-order valence-corrected chi connectivity index (χ0v) is 14.5. The van der Waals surface area contributed by atoms with E-state index in [9.17, 15) is 13.2 Å². The van der Waals surface area contributed by atoms with Crippen molar-refractivity contribution >= 4 is 17.3 Å². The molecule has 0 saturated carbocycles. The van der Waals surface area contributed by atoms with Gasteiger partial charge in [0.1, 0.15) is 5.75 Å². The standard InChI is InChI=1S/C18H21F3N4O/c1-13(25(2)15-6-4-3-5-7-15)12-23-17(22)24-14-8-10-16(11-9-14)26-18(19,20)21/h3-11,13H,12H2,1-2H3,(H3,22,23,24). The Morgan fingerprint density at radius 2 is 1.77 bits per heavy atom. The Balaban J connectivity index is 1.89. The molecule has 1 atom stereocenters. The number of halogens is 3. The number of ether oxygens (including phenoxy) is 1. The van der Waals surface area contributed by atoms with E-state index < -0.39 is 6.36 Å². The number of aliphatic imine (C=N–C) groups is 1. The van der Waals surface area contributed by atoms with Crippen molar-refractivity contribution in [2.24, 2.45) is 10.7 Å². The molecule has 2 aromatic rings. The van der Waals surface area contributed by atoms with Gasteiger partial charge >= 0.3 is 6.36 Å². The first-order chi connectivity index (χ1) is 12.2. The SMILES string of the molecule is CC(CN=C(N)Nc1ccc(OC(F)(F)F)cc1)N(C)c1ccccc1. The van der Waals surface area contributed by atoms with Crippen LogP contribution in [0.1, 0.15) is 6.92 Å². The van der Waals surface area contributed by atoms with Crippen LogP contribution in [0.5, 0.6) is 5.75 Å². The Morgan fingerprint density at radius 1 is 1.15 bits per heavy atom. The number of likely N-dealkylation sites (N-methyl/N-ethyl adjacent to an activating group) is 1. The number of nitrogens with zero attached hydrogens (tertiary/aromatic N) is 2. The monoisotopic (exact) mass is 366 g/mol. The van der Waals surface area contributed by atoms with Crippen LogP contribution in [0.15, 0.2) is 59.6 Å². The van der Waals surface area contributed by atoms with E-state index in [0.29, 0.717) is 12.2 Å². The quantitative estimate of drug-likeness (QED) is 0.602. The van der Waals surface area contributed by atoms with Crippen molar-refractivity contribution in [1.82, 2.24) is 0 Å². The minimum Gasteiger partial charge on any atom is -0.406 e. The second-order valence-corrected chi connectivity index (χ2v) is 5.72. The predicted octanol–water partition coefficient (Wildman–Crippen LogP) is 3.84. The number of rotatable bonds is 6. The van der Waals surface area contributed by atoms with Crippen molar-refractivity contribution < 1.29 is 17.9 Å². The van der Waals surface area contributed by atoms with Gasteiger partial charge in [-0.05, 0) is 43.3 Å². The number of alkyl halides is 3. The van der Waals surface area contributed by atoms with E-state index in [1.807, 2.05) is 44.3 Å². The molecule has 8 heteroatoms. The lowest BCUT2D eigenvalue weighted by atomic mass is 10.2. The van der Waals surface area contributed by atoms with Crippen LogP contribution >= 0.6 is 0 Å². The van der Waals surface area contributed by atoms with E-state index in [0.717, 1.165) is 5.69 Å². The highest BCUT2D eigenvalue weighted by Gasteiger charge is 2.30. The Labute approximate surface area is 150 Å². The van der Waals surface area contributed by atoms with E-state index in [2.05, 4.69) is 19.9 Å². The summed E-state index contributed by atoms with van der Waals surface area (Å²) in [6, 6.07) is 15.3. The third-order valence-corrected chi connectivity index (χ3v) is 3.71. The zero-order valence-electron chi connectivity index (χ0n) is 14.5. The summed E-state index contributed by atoms with van der Waals surface area (Å²) in [6.45, 7) is 2.48. The number of guanidine groups is 1. The van der Waals surface area contributed by atoms with Crippen molar-refractivity contribution in [1.29, 1.82) is 0 Å². The van der Waals surface area contributed by atoms with Crippen LogP contribution in [0.2, 0.25) is 0 Å². The zero-order chi connectivity index (χ0) is 19.2. The molecule has 2 aromatic carbocycles. The molecule has 0 amide bonds. The summed E-state index contributed by atoms with van der Waals surface area (Å²) in [4.78, 5) is 6.36. The minimum absolute atomic E-state index is 0.111. The topological polar surface area (TPSA) is 62.9 Å². The summed E-state index contributed by atoms with van der Waals surface area (Å²) in [7, 11) is 1.97. The van der Waals surface area contributed by atoms with Gasteiger partial charge in [0.2, 0.25) is 0 Å². The van der Waals surface area contributed by atoms with Crippen molar-refractivity contribution in [2.75, 3.05) is 23.8 Å². The normalized spacial score (nSPS) is 13.2. The Kier molecular flexibility index (Phi) is 6.32. The summed E-state index contributed by atoms with van der Waals surface area (Å²) < 4.78 is 40.2. The van der Waals surface area contributed by atoms with Gasteiger partial charge in [0.25, 0.3) is 0 Å². The van der Waals surface area contributed by atoms with Gasteiger partial charge in [0.05, 0.1) is 6.54 Å². The molecule has 0 heterocycles. The molecular weight excluding hydrogens is 345 g/mol. The molecule has 140 valence electrons. The molecule has 0 fully saturated rings. The van der Waals surface area contributed by atoms with Gasteiger partial charge in [0, 0.05) is 24.5 Å². The Hall–Kier alpha value is -2.90. The summed E-state index contributed by atoms with van der Waals surface area (Å²) in [6.07, 6.45) is -4.71. The Morgan fingerprint density at radius 3 is 2.35 bits per heavy atom. The molecule has 0 spiro atoms. The molecule has 5 nitrogen and oxygen atoms in total. The molecule has 26 heavy (non-hydrogen) atoms. The van der Waals surface area contributed by atoms with E-state index in [1.165, 1.54) is 24.3 Å². The molecule has 0 saturated heterocycles. The number of para-hydroxylation sites is 1. The van der Waals surface area contributed by atoms with Crippen LogP contribution in [0.25, 0.3) is 0 Å². The number of nitrogens with two attached hydrogens (primary N) is 1. The lowest BCUT2D eigenvalue weighted by molar-refractivity contribution is -0.274. The molecule has 0 aromatic heterocycles. The predicted molar refractivity (Wildman–Crippen MR) is 97.5 cm³/mol. The first-order valence-corrected chi connectivity index (χ1v) is 7.95. The lowest BCUT2D eigenvalue weighted by Gasteiger charge is -2.25. The smallest absolute Gasteiger partial charge is 0.406 e. The second-order valence-electron chi connectivity index (χ2n) is 5.72. The fraction of sp³-hybridized carbons (Fsp3) is 0.278. The summed E-state index contributed by atoms with van der Waals surface area (Å²) in [5.41, 5.74) is 7.43. The van der Waals surface area contributed by atoms with Gasteiger partial charge in [0.15, 0.2) is 5.96 Å². The average molecular weight is 366 g/mol. The van der Waals surface area contributed by atoms with Crippen molar-refractivity contribution in [3.05, 3.63) is 54.6 Å². The van der Waals surface area contributed by atoms with Gasteiger partial charge in [-0.25, -0.2) is 0 Å². The average Bonchev–Trinajstić information content (AvgIpc) is 2.60. The van der Waals surface area contributed by atoms with E-state index in [1.54, 1.807) is 0 Å².